The van der Waals surface area contributed by atoms with Crippen LogP contribution in [0.4, 0.5) is 10.8 Å². The van der Waals surface area contributed by atoms with Gasteiger partial charge in [0, 0.05) is 12.3 Å². The van der Waals surface area contributed by atoms with E-state index in [1.807, 2.05) is 43.3 Å². The van der Waals surface area contributed by atoms with Gasteiger partial charge in [-0.3, -0.25) is 9.69 Å². The number of nitrogens with zero attached hydrogens (tertiary/aromatic N) is 2. The molecule has 3 aromatic rings. The zero-order valence-corrected chi connectivity index (χ0v) is 18.5. The number of anilines is 2. The van der Waals surface area contributed by atoms with Gasteiger partial charge in [-0.15, -0.1) is 11.3 Å². The molecule has 0 saturated carbocycles. The highest BCUT2D eigenvalue weighted by atomic mass is 32.1. The number of aromatic nitrogens is 1. The molecule has 31 heavy (non-hydrogen) atoms. The smallest absolute Gasteiger partial charge is 0.344 e. The van der Waals surface area contributed by atoms with E-state index in [1.165, 1.54) is 23.2 Å². The van der Waals surface area contributed by atoms with Crippen molar-refractivity contribution in [2.75, 3.05) is 18.6 Å². The standard InChI is InChI=1S/C23H24N2O5S/c1-4-17-9-5-7-11-20(17)29-14-22(27)30-13-18-15-31-23(24-18)25(16(2)26)19-10-6-8-12-21(19)28-3/h5-12,15H,4,13-14H2,1-3H3. The molecule has 0 aliphatic carbocycles. The van der Waals surface area contributed by atoms with Crippen LogP contribution in [0.15, 0.2) is 53.9 Å². The van der Waals surface area contributed by atoms with Gasteiger partial charge in [0.15, 0.2) is 11.7 Å². The first-order valence-electron chi connectivity index (χ1n) is 9.78. The number of benzene rings is 2. The number of amides is 1. The van der Waals surface area contributed by atoms with Crippen LogP contribution in [0.5, 0.6) is 11.5 Å². The van der Waals surface area contributed by atoms with Crippen molar-refractivity contribution < 1.29 is 23.8 Å². The van der Waals surface area contributed by atoms with Gasteiger partial charge in [-0.1, -0.05) is 37.3 Å². The lowest BCUT2D eigenvalue weighted by Gasteiger charge is -2.20. The number of thiazole rings is 1. The zero-order chi connectivity index (χ0) is 22.2. The zero-order valence-electron chi connectivity index (χ0n) is 17.7. The molecule has 162 valence electrons. The summed E-state index contributed by atoms with van der Waals surface area (Å²) >= 11 is 1.28. The van der Waals surface area contributed by atoms with Crippen molar-refractivity contribution in [3.05, 3.63) is 65.2 Å². The molecule has 1 heterocycles. The van der Waals surface area contributed by atoms with E-state index in [2.05, 4.69) is 4.98 Å². The Morgan fingerprint density at radius 1 is 1.06 bits per heavy atom. The maximum absolute atomic E-state index is 12.3. The van der Waals surface area contributed by atoms with Crippen molar-refractivity contribution in [1.82, 2.24) is 4.98 Å². The number of carbonyl (C=O) groups is 2. The minimum atomic E-state index is -0.492. The second-order valence-electron chi connectivity index (χ2n) is 6.56. The fourth-order valence-electron chi connectivity index (χ4n) is 2.96. The van der Waals surface area contributed by atoms with Crippen LogP contribution >= 0.6 is 11.3 Å². The van der Waals surface area contributed by atoms with Gasteiger partial charge in [-0.05, 0) is 30.2 Å². The van der Waals surface area contributed by atoms with Gasteiger partial charge in [0.05, 0.1) is 18.5 Å². The van der Waals surface area contributed by atoms with Crippen molar-refractivity contribution in [2.24, 2.45) is 0 Å². The van der Waals surface area contributed by atoms with Gasteiger partial charge in [0.25, 0.3) is 0 Å². The molecule has 2 aromatic carbocycles. The van der Waals surface area contributed by atoms with E-state index in [9.17, 15) is 9.59 Å². The molecule has 0 N–H and O–H groups in total. The van der Waals surface area contributed by atoms with Gasteiger partial charge in [-0.25, -0.2) is 9.78 Å². The van der Waals surface area contributed by atoms with Crippen LogP contribution in [0.1, 0.15) is 25.1 Å². The number of esters is 1. The fraction of sp³-hybridized carbons (Fsp3) is 0.261. The number of hydrogen-bond donors (Lipinski definition) is 0. The molecule has 0 radical (unpaired) electrons. The summed E-state index contributed by atoms with van der Waals surface area (Å²) in [6.45, 7) is 3.29. The number of rotatable bonds is 9. The molecule has 0 aliphatic heterocycles. The number of aryl methyl sites for hydroxylation is 1. The summed E-state index contributed by atoms with van der Waals surface area (Å²) in [5, 5.41) is 2.22. The molecule has 0 unspecified atom stereocenters. The summed E-state index contributed by atoms with van der Waals surface area (Å²) in [6, 6.07) is 14.8. The van der Waals surface area contributed by atoms with Crippen LogP contribution in [-0.4, -0.2) is 30.6 Å². The molecule has 1 aromatic heterocycles. The molecular formula is C23H24N2O5S. The second-order valence-corrected chi connectivity index (χ2v) is 7.39. The van der Waals surface area contributed by atoms with E-state index in [0.717, 1.165) is 12.0 Å². The molecule has 0 atom stereocenters. The van der Waals surface area contributed by atoms with Crippen molar-refractivity contribution >= 4 is 34.0 Å². The highest BCUT2D eigenvalue weighted by Crippen LogP contribution is 2.35. The molecule has 0 fully saturated rings. The minimum Gasteiger partial charge on any atom is -0.495 e. The van der Waals surface area contributed by atoms with Gasteiger partial charge in [0.2, 0.25) is 5.91 Å². The molecule has 0 aliphatic rings. The minimum absolute atomic E-state index is 0.00815. The average Bonchev–Trinajstić information content (AvgIpc) is 3.25. The highest BCUT2D eigenvalue weighted by Gasteiger charge is 2.21. The number of methoxy groups -OCH3 is 1. The largest absolute Gasteiger partial charge is 0.495 e. The lowest BCUT2D eigenvalue weighted by atomic mass is 10.1. The summed E-state index contributed by atoms with van der Waals surface area (Å²) in [4.78, 5) is 30.3. The Hall–Kier alpha value is -3.39. The highest BCUT2D eigenvalue weighted by molar-refractivity contribution is 7.14. The molecule has 0 bridgehead atoms. The van der Waals surface area contributed by atoms with E-state index in [4.69, 9.17) is 14.2 Å². The van der Waals surface area contributed by atoms with E-state index < -0.39 is 5.97 Å². The fourth-order valence-corrected chi connectivity index (χ4v) is 3.82. The average molecular weight is 441 g/mol. The number of para-hydroxylation sites is 3. The van der Waals surface area contributed by atoms with Crippen molar-refractivity contribution in [1.29, 1.82) is 0 Å². The molecule has 7 nitrogen and oxygen atoms in total. The summed E-state index contributed by atoms with van der Waals surface area (Å²) in [5.41, 5.74) is 2.17. The molecular weight excluding hydrogens is 416 g/mol. The molecule has 0 spiro atoms. The number of carbonyl (C=O) groups excluding carboxylic acids is 2. The SMILES string of the molecule is CCc1ccccc1OCC(=O)OCc1csc(N(C(C)=O)c2ccccc2OC)n1. The Bertz CT molecular complexity index is 1050. The Morgan fingerprint density at radius 2 is 1.77 bits per heavy atom. The van der Waals surface area contributed by atoms with Gasteiger partial charge in [-0.2, -0.15) is 0 Å². The second kappa shape index (κ2) is 10.6. The van der Waals surface area contributed by atoms with Crippen LogP contribution in [0, 0.1) is 0 Å². The summed E-state index contributed by atoms with van der Waals surface area (Å²) in [7, 11) is 1.55. The maximum atomic E-state index is 12.3. The van der Waals surface area contributed by atoms with E-state index >= 15 is 0 Å². The van der Waals surface area contributed by atoms with Crippen molar-refractivity contribution in [3.63, 3.8) is 0 Å². The number of ether oxygens (including phenoxy) is 3. The van der Waals surface area contributed by atoms with Crippen LogP contribution in [0.25, 0.3) is 0 Å². The molecule has 8 heteroatoms. The third-order valence-corrected chi connectivity index (χ3v) is 5.33. The predicted molar refractivity (Wildman–Crippen MR) is 119 cm³/mol. The molecule has 3 rings (SSSR count). The van der Waals surface area contributed by atoms with E-state index in [1.54, 1.807) is 24.6 Å². The van der Waals surface area contributed by atoms with Crippen molar-refractivity contribution in [3.8, 4) is 11.5 Å². The lowest BCUT2D eigenvalue weighted by molar-refractivity contribution is -0.147. The Kier molecular flexibility index (Phi) is 7.61. The van der Waals surface area contributed by atoms with Crippen molar-refractivity contribution in [2.45, 2.75) is 26.9 Å². The molecule has 1 amide bonds. The first kappa shape index (κ1) is 22.3. The van der Waals surface area contributed by atoms with Gasteiger partial charge in [0.1, 0.15) is 18.1 Å². The lowest BCUT2D eigenvalue weighted by Crippen LogP contribution is -2.23. The van der Waals surface area contributed by atoms with Gasteiger partial charge < -0.3 is 14.2 Å². The maximum Gasteiger partial charge on any atom is 0.344 e. The Morgan fingerprint density at radius 3 is 2.48 bits per heavy atom. The monoisotopic (exact) mass is 440 g/mol. The predicted octanol–water partition coefficient (Wildman–Crippen LogP) is 4.52. The third-order valence-electron chi connectivity index (χ3n) is 4.45. The third kappa shape index (κ3) is 5.61. The van der Waals surface area contributed by atoms with E-state index in [0.29, 0.717) is 28.0 Å². The topological polar surface area (TPSA) is 78.0 Å². The quantitative estimate of drug-likeness (QED) is 0.455. The van der Waals surface area contributed by atoms with Crippen LogP contribution in [-0.2, 0) is 27.4 Å². The summed E-state index contributed by atoms with van der Waals surface area (Å²) in [5.74, 6) is 0.538. The van der Waals surface area contributed by atoms with Crippen LogP contribution in [0.3, 0.4) is 0 Å². The Balaban J connectivity index is 1.62. The summed E-state index contributed by atoms with van der Waals surface area (Å²) < 4.78 is 16.2. The van der Waals surface area contributed by atoms with Gasteiger partial charge >= 0.3 is 5.97 Å². The number of hydrogen-bond acceptors (Lipinski definition) is 7. The van der Waals surface area contributed by atoms with Crippen LogP contribution < -0.4 is 14.4 Å². The summed E-state index contributed by atoms with van der Waals surface area (Å²) in [6.07, 6.45) is 0.811. The van der Waals surface area contributed by atoms with Crippen LogP contribution in [0.2, 0.25) is 0 Å². The normalized spacial score (nSPS) is 10.4. The first-order chi connectivity index (χ1) is 15.0. The Labute approximate surface area is 185 Å². The van der Waals surface area contributed by atoms with E-state index in [-0.39, 0.29) is 19.1 Å². The molecule has 0 saturated heterocycles. The first-order valence-corrected chi connectivity index (χ1v) is 10.7.